The van der Waals surface area contributed by atoms with Gasteiger partial charge in [0.25, 0.3) is 0 Å². The molecule has 1 aliphatic heterocycles. The Labute approximate surface area is 77.3 Å². The lowest BCUT2D eigenvalue weighted by molar-refractivity contribution is -0.0588. The van der Waals surface area contributed by atoms with Crippen molar-refractivity contribution in [1.82, 2.24) is 0 Å². The van der Waals surface area contributed by atoms with E-state index in [9.17, 15) is 0 Å². The van der Waals surface area contributed by atoms with Gasteiger partial charge >= 0.3 is 0 Å². The van der Waals surface area contributed by atoms with E-state index in [1.165, 1.54) is 0 Å². The first kappa shape index (κ1) is 10.3. The third kappa shape index (κ3) is 2.59. The van der Waals surface area contributed by atoms with Crippen molar-refractivity contribution in [3.8, 4) is 0 Å². The average molecular weight is 195 g/mol. The molecule has 1 heterocycles. The molecule has 2 N–H and O–H groups in total. The summed E-state index contributed by atoms with van der Waals surface area (Å²) in [5.41, 5.74) is -1.00. The monoisotopic (exact) mass is 194 g/mol. The van der Waals surface area contributed by atoms with Crippen LogP contribution in [0.2, 0.25) is 0 Å². The summed E-state index contributed by atoms with van der Waals surface area (Å²) in [6.07, 6.45) is 2.96. The van der Waals surface area contributed by atoms with Crippen LogP contribution in [0.4, 0.5) is 0 Å². The number of aliphatic hydroxyl groups is 2. The Morgan fingerprint density at radius 3 is 2.67 bits per heavy atom. The predicted molar refractivity (Wildman–Crippen MR) is 46.0 cm³/mol. The molecule has 0 spiro atoms. The molecule has 1 fully saturated rings. The summed E-state index contributed by atoms with van der Waals surface area (Å²) in [5, 5.41) is 18.0. The summed E-state index contributed by atoms with van der Waals surface area (Å²) in [6.45, 7) is 0.597. The molecule has 0 bridgehead atoms. The fourth-order valence-corrected chi connectivity index (χ4v) is 1.73. The minimum absolute atomic E-state index is 0.0729. The largest absolute Gasteiger partial charge is 0.396 e. The van der Waals surface area contributed by atoms with Gasteiger partial charge in [-0.3, -0.25) is 0 Å². The van der Waals surface area contributed by atoms with Crippen molar-refractivity contribution in [2.45, 2.75) is 30.9 Å². The number of ether oxygens (including phenoxy) is 1. The fraction of sp³-hybridized carbons (Fsp3) is 1.00. The number of halogens is 1. The maximum Gasteiger partial charge on any atom is 0.135 e. The number of hydrogen-bond donors (Lipinski definition) is 2. The van der Waals surface area contributed by atoms with Gasteiger partial charge in [0.2, 0.25) is 0 Å². The summed E-state index contributed by atoms with van der Waals surface area (Å²) in [5.74, 6) is -0.341. The molecule has 0 aromatic rings. The second kappa shape index (κ2) is 5.02. The van der Waals surface area contributed by atoms with E-state index >= 15 is 0 Å². The highest BCUT2D eigenvalue weighted by molar-refractivity contribution is 6.19. The molecule has 0 saturated carbocycles. The van der Waals surface area contributed by atoms with E-state index in [4.69, 9.17) is 26.6 Å². The van der Waals surface area contributed by atoms with Gasteiger partial charge in [0.1, 0.15) is 5.56 Å². The van der Waals surface area contributed by atoms with Crippen molar-refractivity contribution >= 4 is 11.6 Å². The molecule has 0 radical (unpaired) electrons. The van der Waals surface area contributed by atoms with Crippen LogP contribution in [0.3, 0.4) is 0 Å². The lowest BCUT2D eigenvalue weighted by atomic mass is 9.97. The van der Waals surface area contributed by atoms with Crippen molar-refractivity contribution in [2.75, 3.05) is 13.2 Å². The molecule has 3 unspecified atom stereocenters. The molecular formula is C8H15ClO3. The van der Waals surface area contributed by atoms with Crippen LogP contribution in [0.1, 0.15) is 19.3 Å². The van der Waals surface area contributed by atoms with Crippen LogP contribution >= 0.6 is 11.6 Å². The summed E-state index contributed by atoms with van der Waals surface area (Å²) in [6, 6.07) is 0. The van der Waals surface area contributed by atoms with Gasteiger partial charge in [-0.2, -0.15) is 0 Å². The van der Waals surface area contributed by atoms with Gasteiger partial charge in [0, 0.05) is 12.5 Å². The summed E-state index contributed by atoms with van der Waals surface area (Å²) < 4.78 is 5.39. The Kier molecular flexibility index (Phi) is 4.29. The first-order valence-corrected chi connectivity index (χ1v) is 4.74. The molecule has 1 rings (SSSR count). The zero-order valence-electron chi connectivity index (χ0n) is 6.95. The van der Waals surface area contributed by atoms with Crippen LogP contribution in [0, 0.1) is 5.92 Å². The highest BCUT2D eigenvalue weighted by atomic mass is 35.5. The Bertz CT molecular complexity index is 123. The number of rotatable bonds is 3. The molecular weight excluding hydrogens is 180 g/mol. The Morgan fingerprint density at radius 2 is 2.25 bits per heavy atom. The fourth-order valence-electron chi connectivity index (χ4n) is 1.48. The van der Waals surface area contributed by atoms with Gasteiger partial charge in [-0.15, -0.1) is 0 Å². The second-order valence-corrected chi connectivity index (χ2v) is 3.57. The third-order valence-electron chi connectivity index (χ3n) is 2.26. The molecule has 0 amide bonds. The zero-order valence-corrected chi connectivity index (χ0v) is 7.70. The predicted octanol–water partition coefficient (Wildman–Crippen LogP) is 0.721. The van der Waals surface area contributed by atoms with E-state index in [-0.39, 0.29) is 18.6 Å². The van der Waals surface area contributed by atoms with Crippen LogP contribution in [-0.4, -0.2) is 35.1 Å². The maximum atomic E-state index is 9.09. The molecule has 0 aliphatic carbocycles. The normalized spacial score (nSPS) is 29.8. The van der Waals surface area contributed by atoms with E-state index in [0.29, 0.717) is 6.61 Å². The smallest absolute Gasteiger partial charge is 0.135 e. The van der Waals surface area contributed by atoms with Crippen molar-refractivity contribution in [1.29, 1.82) is 0 Å². The number of alkyl halides is 1. The van der Waals surface area contributed by atoms with Gasteiger partial charge in [-0.05, 0) is 19.3 Å². The third-order valence-corrected chi connectivity index (χ3v) is 2.58. The highest BCUT2D eigenvalue weighted by Crippen LogP contribution is 2.23. The van der Waals surface area contributed by atoms with E-state index in [1.54, 1.807) is 0 Å². The van der Waals surface area contributed by atoms with Crippen LogP contribution < -0.4 is 0 Å². The van der Waals surface area contributed by atoms with Crippen LogP contribution in [0.25, 0.3) is 0 Å². The van der Waals surface area contributed by atoms with Gasteiger partial charge in [0.15, 0.2) is 0 Å². The summed E-state index contributed by atoms with van der Waals surface area (Å²) >= 11 is 5.49. The quantitative estimate of drug-likeness (QED) is 0.651. The first-order chi connectivity index (χ1) is 5.75. The molecule has 3 atom stereocenters. The van der Waals surface area contributed by atoms with Crippen molar-refractivity contribution in [3.63, 3.8) is 0 Å². The molecule has 3 nitrogen and oxygen atoms in total. The van der Waals surface area contributed by atoms with E-state index in [1.807, 2.05) is 0 Å². The molecule has 1 saturated heterocycles. The Hall–Kier alpha value is 0.170. The molecule has 0 aromatic carbocycles. The number of aliphatic hydroxyl groups excluding tert-OH is 2. The van der Waals surface area contributed by atoms with E-state index in [2.05, 4.69) is 0 Å². The SMILES string of the molecule is OCC(C(O)Cl)C1CCCCO1. The van der Waals surface area contributed by atoms with Crippen LogP contribution in [0.5, 0.6) is 0 Å². The minimum atomic E-state index is -1.00. The Balaban J connectivity index is 2.40. The first-order valence-electron chi connectivity index (χ1n) is 4.30. The van der Waals surface area contributed by atoms with Crippen LogP contribution in [0.15, 0.2) is 0 Å². The molecule has 4 heteroatoms. The maximum absolute atomic E-state index is 9.09. The lowest BCUT2D eigenvalue weighted by Crippen LogP contribution is -2.36. The topological polar surface area (TPSA) is 49.7 Å². The van der Waals surface area contributed by atoms with Gasteiger partial charge in [0.05, 0.1) is 12.7 Å². The lowest BCUT2D eigenvalue weighted by Gasteiger charge is -2.29. The average Bonchev–Trinajstić information content (AvgIpc) is 2.07. The van der Waals surface area contributed by atoms with E-state index < -0.39 is 5.56 Å². The molecule has 1 aliphatic rings. The molecule has 72 valence electrons. The minimum Gasteiger partial charge on any atom is -0.396 e. The standard InChI is InChI=1S/C8H15ClO3/c9-8(11)6(5-10)7-3-1-2-4-12-7/h6-8,10-11H,1-5H2. The van der Waals surface area contributed by atoms with Crippen molar-refractivity contribution < 1.29 is 14.9 Å². The Morgan fingerprint density at radius 1 is 1.50 bits per heavy atom. The second-order valence-electron chi connectivity index (χ2n) is 3.12. The van der Waals surface area contributed by atoms with Crippen molar-refractivity contribution in [2.24, 2.45) is 5.92 Å². The zero-order chi connectivity index (χ0) is 8.97. The van der Waals surface area contributed by atoms with Crippen LogP contribution in [-0.2, 0) is 4.74 Å². The van der Waals surface area contributed by atoms with Gasteiger partial charge < -0.3 is 14.9 Å². The molecule has 12 heavy (non-hydrogen) atoms. The summed E-state index contributed by atoms with van der Waals surface area (Å²) in [7, 11) is 0. The number of hydrogen-bond acceptors (Lipinski definition) is 3. The molecule has 0 aromatic heterocycles. The van der Waals surface area contributed by atoms with Crippen molar-refractivity contribution in [3.05, 3.63) is 0 Å². The van der Waals surface area contributed by atoms with E-state index in [0.717, 1.165) is 19.3 Å². The summed E-state index contributed by atoms with van der Waals surface area (Å²) in [4.78, 5) is 0. The van der Waals surface area contributed by atoms with Gasteiger partial charge in [-0.25, -0.2) is 0 Å². The highest BCUT2D eigenvalue weighted by Gasteiger charge is 2.28. The van der Waals surface area contributed by atoms with Gasteiger partial charge in [-0.1, -0.05) is 11.6 Å².